The van der Waals surface area contributed by atoms with Crippen LogP contribution in [0.15, 0.2) is 48.5 Å². The predicted molar refractivity (Wildman–Crippen MR) is 123 cm³/mol. The van der Waals surface area contributed by atoms with E-state index in [9.17, 15) is 14.4 Å². The van der Waals surface area contributed by atoms with E-state index in [1.165, 1.54) is 11.1 Å². The van der Waals surface area contributed by atoms with Crippen LogP contribution in [-0.4, -0.2) is 54.0 Å². The Kier molecular flexibility index (Phi) is 6.00. The number of rotatable bonds is 8. The van der Waals surface area contributed by atoms with Crippen LogP contribution in [0.3, 0.4) is 0 Å². The van der Waals surface area contributed by atoms with E-state index in [4.69, 9.17) is 14.6 Å². The molecule has 2 aromatic rings. The lowest BCUT2D eigenvalue weighted by Gasteiger charge is -2.19. The summed E-state index contributed by atoms with van der Waals surface area (Å²) in [6.07, 6.45) is 1.02. The van der Waals surface area contributed by atoms with Gasteiger partial charge < -0.3 is 25.2 Å². The van der Waals surface area contributed by atoms with Crippen LogP contribution >= 0.6 is 0 Å². The van der Waals surface area contributed by atoms with Gasteiger partial charge in [0.2, 0.25) is 5.91 Å². The molecule has 1 heterocycles. The average molecular weight is 465 g/mol. The lowest BCUT2D eigenvalue weighted by molar-refractivity contribution is -0.149. The van der Waals surface area contributed by atoms with Gasteiger partial charge in [0, 0.05) is 18.9 Å². The Morgan fingerprint density at radius 3 is 2.24 bits per heavy atom. The minimum Gasteiger partial charge on any atom is -0.479 e. The summed E-state index contributed by atoms with van der Waals surface area (Å²) in [4.78, 5) is 36.0. The maximum Gasteiger partial charge on any atom is 0.407 e. The summed E-state index contributed by atoms with van der Waals surface area (Å²) in [5, 5.41) is 14.7. The van der Waals surface area contributed by atoms with Crippen molar-refractivity contribution in [3.8, 4) is 11.1 Å². The second-order valence-electron chi connectivity index (χ2n) is 9.37. The van der Waals surface area contributed by atoms with E-state index < -0.39 is 23.7 Å². The number of amides is 2. The monoisotopic (exact) mass is 464 g/mol. The number of nitrogens with one attached hydrogen (secondary N) is 2. The molecule has 34 heavy (non-hydrogen) atoms. The Hall–Kier alpha value is -3.39. The zero-order valence-electron chi connectivity index (χ0n) is 18.8. The van der Waals surface area contributed by atoms with E-state index in [-0.39, 0.29) is 37.5 Å². The summed E-state index contributed by atoms with van der Waals surface area (Å²) < 4.78 is 11.0. The molecule has 2 amide bonds. The van der Waals surface area contributed by atoms with Crippen molar-refractivity contribution in [1.29, 1.82) is 0 Å². The average Bonchev–Trinajstić information content (AvgIpc) is 3.28. The smallest absolute Gasteiger partial charge is 0.407 e. The SMILES string of the molecule is O=C(CC1(NC(=O)OCC2c3ccccc3-c3ccccc32)CC1)NCC1CCC(C(=O)O)O1. The molecular formula is C26H28N2O6. The molecule has 0 radical (unpaired) electrons. The van der Waals surface area contributed by atoms with Crippen LogP contribution in [0.2, 0.25) is 0 Å². The Balaban J connectivity index is 1.11. The van der Waals surface area contributed by atoms with Crippen molar-refractivity contribution in [2.24, 2.45) is 0 Å². The number of benzene rings is 2. The molecule has 0 spiro atoms. The molecule has 2 unspecified atom stereocenters. The first-order valence-electron chi connectivity index (χ1n) is 11.7. The van der Waals surface area contributed by atoms with Gasteiger partial charge in [0.25, 0.3) is 0 Å². The molecule has 0 bridgehead atoms. The maximum absolute atomic E-state index is 12.6. The quantitative estimate of drug-likeness (QED) is 0.553. The molecule has 8 heteroatoms. The number of carboxylic acids is 1. The summed E-state index contributed by atoms with van der Waals surface area (Å²) in [6, 6.07) is 16.3. The first-order valence-corrected chi connectivity index (χ1v) is 11.7. The van der Waals surface area contributed by atoms with Crippen LogP contribution in [0.25, 0.3) is 11.1 Å². The minimum atomic E-state index is -0.974. The standard InChI is InChI=1S/C26H28N2O6/c29-23(27-14-16-9-10-22(34-16)24(30)31)13-26(11-12-26)28-25(32)33-15-21-19-7-3-1-5-17(19)18-6-2-4-8-20(18)21/h1-8,16,21-22H,9-15H2,(H,27,29)(H,28,32)(H,30,31). The molecule has 3 N–H and O–H groups in total. The second kappa shape index (κ2) is 9.10. The fourth-order valence-corrected chi connectivity index (χ4v) is 4.98. The summed E-state index contributed by atoms with van der Waals surface area (Å²) in [6.45, 7) is 0.496. The highest BCUT2D eigenvalue weighted by molar-refractivity contribution is 5.80. The number of carbonyl (C=O) groups excluding carboxylic acids is 2. The third-order valence-corrected chi connectivity index (χ3v) is 6.97. The summed E-state index contributed by atoms with van der Waals surface area (Å²) in [7, 11) is 0. The second-order valence-corrected chi connectivity index (χ2v) is 9.37. The van der Waals surface area contributed by atoms with E-state index in [1.807, 2.05) is 24.3 Å². The van der Waals surface area contributed by atoms with Crippen LogP contribution in [-0.2, 0) is 19.1 Å². The molecule has 1 saturated heterocycles. The molecule has 5 rings (SSSR count). The van der Waals surface area contributed by atoms with Gasteiger partial charge in [0.05, 0.1) is 11.6 Å². The fraction of sp³-hybridized carbons (Fsp3) is 0.423. The van der Waals surface area contributed by atoms with Crippen molar-refractivity contribution < 1.29 is 29.0 Å². The van der Waals surface area contributed by atoms with E-state index in [1.54, 1.807) is 0 Å². The number of ether oxygens (including phenoxy) is 2. The van der Waals surface area contributed by atoms with Gasteiger partial charge in [-0.25, -0.2) is 9.59 Å². The lowest BCUT2D eigenvalue weighted by Crippen LogP contribution is -2.43. The van der Waals surface area contributed by atoms with Crippen molar-refractivity contribution in [2.75, 3.05) is 13.2 Å². The van der Waals surface area contributed by atoms with Crippen molar-refractivity contribution >= 4 is 18.0 Å². The van der Waals surface area contributed by atoms with Gasteiger partial charge in [-0.1, -0.05) is 48.5 Å². The van der Waals surface area contributed by atoms with Gasteiger partial charge in [-0.15, -0.1) is 0 Å². The maximum atomic E-state index is 12.6. The molecule has 0 aromatic heterocycles. The van der Waals surface area contributed by atoms with Gasteiger partial charge >= 0.3 is 12.1 Å². The molecule has 2 aromatic carbocycles. The van der Waals surface area contributed by atoms with Crippen molar-refractivity contribution in [3.05, 3.63) is 59.7 Å². The van der Waals surface area contributed by atoms with E-state index in [0.717, 1.165) is 11.1 Å². The van der Waals surface area contributed by atoms with E-state index >= 15 is 0 Å². The zero-order chi connectivity index (χ0) is 23.7. The van der Waals surface area contributed by atoms with Gasteiger partial charge in [-0.2, -0.15) is 0 Å². The number of alkyl carbamates (subject to hydrolysis) is 1. The lowest BCUT2D eigenvalue weighted by atomic mass is 9.98. The molecule has 3 aliphatic rings. The van der Waals surface area contributed by atoms with Crippen molar-refractivity contribution in [1.82, 2.24) is 10.6 Å². The number of carboxylic acid groups (broad SMARTS) is 1. The van der Waals surface area contributed by atoms with Gasteiger partial charge in [-0.05, 0) is 47.9 Å². The number of carbonyl (C=O) groups is 3. The molecule has 1 saturated carbocycles. The molecule has 2 fully saturated rings. The van der Waals surface area contributed by atoms with Crippen LogP contribution in [0.1, 0.15) is 49.1 Å². The highest BCUT2D eigenvalue weighted by Gasteiger charge is 2.46. The molecular weight excluding hydrogens is 436 g/mol. The fourth-order valence-electron chi connectivity index (χ4n) is 4.98. The van der Waals surface area contributed by atoms with Crippen LogP contribution in [0.4, 0.5) is 4.79 Å². The summed E-state index contributed by atoms with van der Waals surface area (Å²) in [5.41, 5.74) is 4.06. The largest absolute Gasteiger partial charge is 0.479 e. The van der Waals surface area contributed by atoms with Gasteiger partial charge in [-0.3, -0.25) is 4.79 Å². The van der Waals surface area contributed by atoms with Crippen molar-refractivity contribution in [2.45, 2.75) is 55.8 Å². The molecule has 8 nitrogen and oxygen atoms in total. The summed E-state index contributed by atoms with van der Waals surface area (Å²) >= 11 is 0. The number of fused-ring (bicyclic) bond motifs is 3. The summed E-state index contributed by atoms with van der Waals surface area (Å²) in [5.74, 6) is -1.19. The Morgan fingerprint density at radius 1 is 1.00 bits per heavy atom. The Morgan fingerprint density at radius 2 is 1.65 bits per heavy atom. The molecule has 2 atom stereocenters. The first kappa shape index (κ1) is 22.4. The van der Waals surface area contributed by atoms with Gasteiger partial charge in [0.15, 0.2) is 6.10 Å². The number of hydrogen-bond donors (Lipinski definition) is 3. The topological polar surface area (TPSA) is 114 Å². The predicted octanol–water partition coefficient (Wildman–Crippen LogP) is 3.20. The Labute approximate surface area is 197 Å². The third-order valence-electron chi connectivity index (χ3n) is 6.97. The van der Waals surface area contributed by atoms with Crippen LogP contribution in [0.5, 0.6) is 0 Å². The molecule has 2 aliphatic carbocycles. The van der Waals surface area contributed by atoms with E-state index in [0.29, 0.717) is 25.7 Å². The van der Waals surface area contributed by atoms with Crippen LogP contribution in [0, 0.1) is 0 Å². The Bertz CT molecular complexity index is 1070. The van der Waals surface area contributed by atoms with Crippen LogP contribution < -0.4 is 10.6 Å². The normalized spacial score (nSPS) is 21.9. The first-order chi connectivity index (χ1) is 16.4. The zero-order valence-corrected chi connectivity index (χ0v) is 18.8. The minimum absolute atomic E-state index is 0.0161. The third kappa shape index (κ3) is 4.63. The highest BCUT2D eigenvalue weighted by Crippen LogP contribution is 2.44. The molecule has 178 valence electrons. The van der Waals surface area contributed by atoms with Crippen molar-refractivity contribution in [3.63, 3.8) is 0 Å². The number of hydrogen-bond acceptors (Lipinski definition) is 5. The van der Waals surface area contributed by atoms with E-state index in [2.05, 4.69) is 34.9 Å². The molecule has 1 aliphatic heterocycles. The number of aliphatic carboxylic acids is 1. The highest BCUT2D eigenvalue weighted by atomic mass is 16.5. The van der Waals surface area contributed by atoms with Gasteiger partial charge in [0.1, 0.15) is 6.61 Å².